The Balaban J connectivity index is 2.26. The van der Waals surface area contributed by atoms with Crippen molar-refractivity contribution < 1.29 is 18.1 Å². The molecule has 1 aromatic carbocycles. The van der Waals surface area contributed by atoms with Gasteiger partial charge in [-0.3, -0.25) is 14.8 Å². The molecule has 0 aliphatic rings. The van der Waals surface area contributed by atoms with Crippen molar-refractivity contribution >= 4 is 11.4 Å². The van der Waals surface area contributed by atoms with Crippen LogP contribution in [0.4, 0.5) is 24.5 Å². The van der Waals surface area contributed by atoms with Gasteiger partial charge in [-0.05, 0) is 17.7 Å². The summed E-state index contributed by atoms with van der Waals surface area (Å²) in [4.78, 5) is 10.4. The molecule has 112 valence electrons. The fourth-order valence-corrected chi connectivity index (χ4v) is 1.83. The quantitative estimate of drug-likeness (QED) is 0.696. The largest absolute Gasteiger partial charge is 0.435 e. The zero-order valence-electron chi connectivity index (χ0n) is 10.9. The SMILES string of the molecule is CNc1ccc(Cn2ccc(C(F)(F)F)n2)cc1[N+](=O)[O-]. The lowest BCUT2D eigenvalue weighted by molar-refractivity contribution is -0.384. The van der Waals surface area contributed by atoms with Crippen LogP contribution in [0.3, 0.4) is 0 Å². The fourth-order valence-electron chi connectivity index (χ4n) is 1.83. The van der Waals surface area contributed by atoms with Crippen molar-refractivity contribution in [2.24, 2.45) is 0 Å². The van der Waals surface area contributed by atoms with Crippen LogP contribution >= 0.6 is 0 Å². The number of nitro groups is 1. The lowest BCUT2D eigenvalue weighted by atomic mass is 10.1. The molecule has 0 bridgehead atoms. The first-order valence-corrected chi connectivity index (χ1v) is 5.87. The molecule has 0 aliphatic carbocycles. The number of alkyl halides is 3. The van der Waals surface area contributed by atoms with Gasteiger partial charge in [0.2, 0.25) is 0 Å². The van der Waals surface area contributed by atoms with Crippen molar-refractivity contribution in [3.05, 3.63) is 51.8 Å². The predicted octanol–water partition coefficient (Wildman–Crippen LogP) is 2.90. The van der Waals surface area contributed by atoms with Crippen LogP contribution in [0.15, 0.2) is 30.5 Å². The van der Waals surface area contributed by atoms with Crippen molar-refractivity contribution in [1.82, 2.24) is 9.78 Å². The molecule has 2 rings (SSSR count). The minimum absolute atomic E-state index is 0.0148. The standard InChI is InChI=1S/C12H11F3N4O2/c1-16-9-3-2-8(6-10(9)19(20)21)7-18-5-4-11(17-18)12(13,14)15/h2-6,16H,7H2,1H3. The van der Waals surface area contributed by atoms with Crippen molar-refractivity contribution in [2.45, 2.75) is 12.7 Å². The van der Waals surface area contributed by atoms with Gasteiger partial charge in [0.15, 0.2) is 5.69 Å². The smallest absolute Gasteiger partial charge is 0.383 e. The molecule has 21 heavy (non-hydrogen) atoms. The van der Waals surface area contributed by atoms with E-state index in [9.17, 15) is 23.3 Å². The van der Waals surface area contributed by atoms with Crippen LogP contribution in [0.1, 0.15) is 11.3 Å². The van der Waals surface area contributed by atoms with Crippen molar-refractivity contribution in [1.29, 1.82) is 0 Å². The van der Waals surface area contributed by atoms with E-state index in [1.165, 1.54) is 18.3 Å². The summed E-state index contributed by atoms with van der Waals surface area (Å²) < 4.78 is 38.4. The first kappa shape index (κ1) is 14.8. The van der Waals surface area contributed by atoms with Crippen LogP contribution in [-0.2, 0) is 12.7 Å². The van der Waals surface area contributed by atoms with Gasteiger partial charge in [0.25, 0.3) is 5.69 Å². The second-order valence-electron chi connectivity index (χ2n) is 4.25. The number of nitro benzene ring substituents is 1. The molecule has 0 atom stereocenters. The number of aromatic nitrogens is 2. The zero-order chi connectivity index (χ0) is 15.6. The van der Waals surface area contributed by atoms with Gasteiger partial charge in [-0.15, -0.1) is 0 Å². The first-order valence-electron chi connectivity index (χ1n) is 5.87. The highest BCUT2D eigenvalue weighted by Gasteiger charge is 2.33. The Kier molecular flexibility index (Phi) is 3.83. The highest BCUT2D eigenvalue weighted by atomic mass is 19.4. The minimum Gasteiger partial charge on any atom is -0.383 e. The average molecular weight is 300 g/mol. The number of hydrogen-bond donors (Lipinski definition) is 1. The highest BCUT2D eigenvalue weighted by molar-refractivity contribution is 5.62. The molecule has 0 amide bonds. The van der Waals surface area contributed by atoms with E-state index in [2.05, 4.69) is 10.4 Å². The molecule has 0 unspecified atom stereocenters. The van der Waals surface area contributed by atoms with E-state index in [4.69, 9.17) is 0 Å². The molecule has 2 aromatic rings. The van der Waals surface area contributed by atoms with Crippen molar-refractivity contribution in [2.75, 3.05) is 12.4 Å². The third kappa shape index (κ3) is 3.30. The molecule has 0 saturated heterocycles. The van der Waals surface area contributed by atoms with E-state index < -0.39 is 16.8 Å². The van der Waals surface area contributed by atoms with Gasteiger partial charge in [0.1, 0.15) is 5.69 Å². The summed E-state index contributed by atoms with van der Waals surface area (Å²) in [7, 11) is 1.55. The monoisotopic (exact) mass is 300 g/mol. The third-order valence-corrected chi connectivity index (χ3v) is 2.80. The summed E-state index contributed by atoms with van der Waals surface area (Å²) in [6.07, 6.45) is -3.33. The molecule has 0 fully saturated rings. The maximum Gasteiger partial charge on any atom is 0.435 e. The molecule has 1 N–H and O–H groups in total. The lowest BCUT2D eigenvalue weighted by Gasteiger charge is -2.06. The van der Waals surface area contributed by atoms with Crippen molar-refractivity contribution in [3.8, 4) is 0 Å². The van der Waals surface area contributed by atoms with E-state index in [0.29, 0.717) is 11.3 Å². The first-order chi connectivity index (χ1) is 9.81. The molecule has 6 nitrogen and oxygen atoms in total. The topological polar surface area (TPSA) is 73.0 Å². The normalized spacial score (nSPS) is 11.4. The Morgan fingerprint density at radius 1 is 1.38 bits per heavy atom. The Morgan fingerprint density at radius 2 is 2.10 bits per heavy atom. The predicted molar refractivity (Wildman–Crippen MR) is 69.0 cm³/mol. The summed E-state index contributed by atoms with van der Waals surface area (Å²) in [5.41, 5.74) is -0.320. The third-order valence-electron chi connectivity index (χ3n) is 2.80. The van der Waals surface area contributed by atoms with E-state index in [-0.39, 0.29) is 12.2 Å². The van der Waals surface area contributed by atoms with Gasteiger partial charge >= 0.3 is 6.18 Å². The maximum atomic E-state index is 12.4. The van der Waals surface area contributed by atoms with E-state index in [0.717, 1.165) is 10.7 Å². The average Bonchev–Trinajstić information content (AvgIpc) is 2.87. The molecule has 0 saturated carbocycles. The van der Waals surface area contributed by atoms with E-state index in [1.54, 1.807) is 13.1 Å². The van der Waals surface area contributed by atoms with Gasteiger partial charge in [-0.1, -0.05) is 6.07 Å². The molecular weight excluding hydrogens is 289 g/mol. The van der Waals surface area contributed by atoms with Crippen LogP contribution in [0.5, 0.6) is 0 Å². The number of nitrogens with one attached hydrogen (secondary N) is 1. The highest BCUT2D eigenvalue weighted by Crippen LogP contribution is 2.28. The van der Waals surface area contributed by atoms with Crippen molar-refractivity contribution in [3.63, 3.8) is 0 Å². The molecule has 0 spiro atoms. The van der Waals surface area contributed by atoms with Gasteiger partial charge < -0.3 is 5.32 Å². The van der Waals surface area contributed by atoms with Crippen LogP contribution < -0.4 is 5.32 Å². The number of hydrogen-bond acceptors (Lipinski definition) is 4. The summed E-state index contributed by atoms with van der Waals surface area (Å²) in [6, 6.07) is 5.26. The number of anilines is 1. The zero-order valence-corrected chi connectivity index (χ0v) is 10.9. The molecule has 0 radical (unpaired) electrons. The number of rotatable bonds is 4. The van der Waals surface area contributed by atoms with Gasteiger partial charge in [0.05, 0.1) is 11.5 Å². The maximum absolute atomic E-state index is 12.4. The molecular formula is C12H11F3N4O2. The van der Waals surface area contributed by atoms with Crippen LogP contribution in [0, 0.1) is 10.1 Å². The van der Waals surface area contributed by atoms with Crippen LogP contribution in [0.2, 0.25) is 0 Å². The lowest BCUT2D eigenvalue weighted by Crippen LogP contribution is -2.08. The molecule has 1 heterocycles. The van der Waals surface area contributed by atoms with Crippen LogP contribution in [-0.4, -0.2) is 21.8 Å². The fraction of sp³-hybridized carbons (Fsp3) is 0.250. The van der Waals surface area contributed by atoms with Crippen LogP contribution in [0.25, 0.3) is 0 Å². The second-order valence-corrected chi connectivity index (χ2v) is 4.25. The second kappa shape index (κ2) is 5.43. The van der Waals surface area contributed by atoms with Gasteiger partial charge in [-0.25, -0.2) is 0 Å². The summed E-state index contributed by atoms with van der Waals surface area (Å²) >= 11 is 0. The van der Waals surface area contributed by atoms with Gasteiger partial charge in [0, 0.05) is 19.3 Å². The molecule has 9 heteroatoms. The molecule has 1 aromatic heterocycles. The number of benzene rings is 1. The summed E-state index contributed by atoms with van der Waals surface area (Å²) in [5, 5.41) is 17.0. The van der Waals surface area contributed by atoms with Gasteiger partial charge in [-0.2, -0.15) is 18.3 Å². The summed E-state index contributed by atoms with van der Waals surface area (Å²) in [5.74, 6) is 0. The number of nitrogens with zero attached hydrogens (tertiary/aromatic N) is 3. The minimum atomic E-state index is -4.51. The Hall–Kier alpha value is -2.58. The Morgan fingerprint density at radius 3 is 2.62 bits per heavy atom. The number of halogens is 3. The Bertz CT molecular complexity index is 667. The Labute approximate surface area is 117 Å². The molecule has 0 aliphatic heterocycles. The van der Waals surface area contributed by atoms with E-state index >= 15 is 0 Å². The van der Waals surface area contributed by atoms with E-state index in [1.807, 2.05) is 0 Å². The summed E-state index contributed by atoms with van der Waals surface area (Å²) in [6.45, 7) is 0.0148.